The summed E-state index contributed by atoms with van der Waals surface area (Å²) < 4.78 is 29.9. The van der Waals surface area contributed by atoms with Gasteiger partial charge in [-0.2, -0.15) is 4.98 Å². The van der Waals surface area contributed by atoms with Crippen LogP contribution in [0.4, 0.5) is 5.69 Å². The molecular formula is C19H19ClN4O4S. The zero-order valence-corrected chi connectivity index (χ0v) is 17.6. The van der Waals surface area contributed by atoms with Crippen molar-refractivity contribution in [2.24, 2.45) is 0 Å². The molecule has 8 nitrogen and oxygen atoms in total. The van der Waals surface area contributed by atoms with E-state index in [-0.39, 0.29) is 18.3 Å². The van der Waals surface area contributed by atoms with Crippen LogP contribution in [0.15, 0.2) is 47.0 Å². The molecule has 0 saturated carbocycles. The Morgan fingerprint density at radius 1 is 1.21 bits per heavy atom. The van der Waals surface area contributed by atoms with E-state index < -0.39 is 10.0 Å². The molecule has 0 atom stereocenters. The number of hydrogen-bond donors (Lipinski definition) is 1. The molecule has 3 aromatic rings. The second-order valence-corrected chi connectivity index (χ2v) is 8.88. The van der Waals surface area contributed by atoms with Gasteiger partial charge in [0.2, 0.25) is 21.7 Å². The summed E-state index contributed by atoms with van der Waals surface area (Å²) in [5, 5.41) is 7.18. The Hall–Kier alpha value is -2.91. The first kappa shape index (κ1) is 20.8. The topological polar surface area (TPSA) is 105 Å². The van der Waals surface area contributed by atoms with Crippen LogP contribution >= 0.6 is 11.6 Å². The normalized spacial score (nSPS) is 11.3. The molecule has 0 bridgehead atoms. The highest BCUT2D eigenvalue weighted by molar-refractivity contribution is 7.92. The first-order valence-electron chi connectivity index (χ1n) is 8.56. The van der Waals surface area contributed by atoms with Crippen LogP contribution in [0.25, 0.3) is 11.4 Å². The van der Waals surface area contributed by atoms with E-state index in [1.165, 1.54) is 13.1 Å². The van der Waals surface area contributed by atoms with Crippen molar-refractivity contribution in [2.45, 2.75) is 13.5 Å². The van der Waals surface area contributed by atoms with E-state index in [1.54, 1.807) is 43.3 Å². The highest BCUT2D eigenvalue weighted by Crippen LogP contribution is 2.23. The Bertz CT molecular complexity index is 1140. The first-order valence-corrected chi connectivity index (χ1v) is 10.8. The minimum Gasteiger partial charge on any atom is -0.343 e. The van der Waals surface area contributed by atoms with Crippen LogP contribution < -0.4 is 9.62 Å². The molecule has 0 aliphatic heterocycles. The third-order valence-electron chi connectivity index (χ3n) is 4.28. The molecule has 10 heteroatoms. The Balaban J connectivity index is 1.71. The molecule has 0 radical (unpaired) electrons. The summed E-state index contributed by atoms with van der Waals surface area (Å²) in [6, 6.07) is 11.8. The van der Waals surface area contributed by atoms with Gasteiger partial charge in [-0.1, -0.05) is 22.8 Å². The predicted octanol–water partition coefficient (Wildman–Crippen LogP) is 3.02. The first-order chi connectivity index (χ1) is 13.6. The molecule has 29 heavy (non-hydrogen) atoms. The lowest BCUT2D eigenvalue weighted by molar-refractivity contribution is 0.0946. The zero-order chi connectivity index (χ0) is 21.2. The second-order valence-electron chi connectivity index (χ2n) is 6.43. The van der Waals surface area contributed by atoms with Gasteiger partial charge in [-0.3, -0.25) is 9.10 Å². The average Bonchev–Trinajstić information content (AvgIpc) is 3.15. The summed E-state index contributed by atoms with van der Waals surface area (Å²) in [4.78, 5) is 16.7. The van der Waals surface area contributed by atoms with Crippen LogP contribution in [0.5, 0.6) is 0 Å². The third kappa shape index (κ3) is 4.93. The summed E-state index contributed by atoms with van der Waals surface area (Å²) >= 11 is 5.86. The van der Waals surface area contributed by atoms with E-state index in [0.717, 1.165) is 21.7 Å². The molecule has 0 saturated heterocycles. The third-order valence-corrected chi connectivity index (χ3v) is 5.72. The molecule has 1 heterocycles. The van der Waals surface area contributed by atoms with E-state index in [0.29, 0.717) is 22.1 Å². The molecule has 2 aromatic carbocycles. The minimum absolute atomic E-state index is 0.0323. The molecule has 0 fully saturated rings. The fourth-order valence-corrected chi connectivity index (χ4v) is 3.25. The molecule has 0 unspecified atom stereocenters. The van der Waals surface area contributed by atoms with Gasteiger partial charge >= 0.3 is 0 Å². The summed E-state index contributed by atoms with van der Waals surface area (Å²) in [7, 11) is -2.00. The minimum atomic E-state index is -3.44. The Morgan fingerprint density at radius 3 is 2.55 bits per heavy atom. The van der Waals surface area contributed by atoms with Gasteiger partial charge in [0.25, 0.3) is 5.91 Å². The van der Waals surface area contributed by atoms with Gasteiger partial charge in [-0.25, -0.2) is 8.42 Å². The van der Waals surface area contributed by atoms with Crippen molar-refractivity contribution in [1.29, 1.82) is 0 Å². The maximum atomic E-state index is 12.5. The molecule has 1 aromatic heterocycles. The van der Waals surface area contributed by atoms with E-state index in [4.69, 9.17) is 16.1 Å². The van der Waals surface area contributed by atoms with E-state index in [2.05, 4.69) is 15.5 Å². The molecule has 1 amide bonds. The number of halogens is 1. The van der Waals surface area contributed by atoms with Crippen LogP contribution in [-0.4, -0.2) is 37.8 Å². The van der Waals surface area contributed by atoms with Crippen molar-refractivity contribution in [1.82, 2.24) is 15.5 Å². The molecular weight excluding hydrogens is 416 g/mol. The molecule has 0 aliphatic carbocycles. The fourth-order valence-electron chi connectivity index (χ4n) is 2.57. The van der Waals surface area contributed by atoms with Crippen molar-refractivity contribution < 1.29 is 17.7 Å². The number of amides is 1. The van der Waals surface area contributed by atoms with Crippen LogP contribution in [0.3, 0.4) is 0 Å². The van der Waals surface area contributed by atoms with Gasteiger partial charge in [0.05, 0.1) is 18.5 Å². The number of rotatable bonds is 6. The van der Waals surface area contributed by atoms with Crippen molar-refractivity contribution in [3.63, 3.8) is 0 Å². The van der Waals surface area contributed by atoms with Gasteiger partial charge in [-0.05, 0) is 48.9 Å². The highest BCUT2D eigenvalue weighted by atomic mass is 35.5. The van der Waals surface area contributed by atoms with E-state index >= 15 is 0 Å². The molecule has 152 valence electrons. The number of sulfonamides is 1. The van der Waals surface area contributed by atoms with Crippen LogP contribution in [-0.2, 0) is 16.6 Å². The predicted molar refractivity (Wildman–Crippen MR) is 110 cm³/mol. The number of benzene rings is 2. The van der Waals surface area contributed by atoms with Crippen LogP contribution in [0.2, 0.25) is 5.02 Å². The largest absolute Gasteiger partial charge is 0.343 e. The van der Waals surface area contributed by atoms with Crippen molar-refractivity contribution >= 4 is 33.2 Å². The molecule has 3 rings (SSSR count). The number of nitrogens with one attached hydrogen (secondary N) is 1. The SMILES string of the molecule is Cc1ccc(C(=O)NCc2nc(-c3ccc(Cl)cc3)no2)cc1N(C)S(C)(=O)=O. The van der Waals surface area contributed by atoms with Gasteiger partial charge in [0.1, 0.15) is 0 Å². The van der Waals surface area contributed by atoms with Crippen LogP contribution in [0, 0.1) is 6.92 Å². The number of anilines is 1. The van der Waals surface area contributed by atoms with Gasteiger partial charge in [-0.15, -0.1) is 0 Å². The fraction of sp³-hybridized carbons (Fsp3) is 0.211. The molecule has 0 spiro atoms. The van der Waals surface area contributed by atoms with Gasteiger partial charge < -0.3 is 9.84 Å². The highest BCUT2D eigenvalue weighted by Gasteiger charge is 2.17. The monoisotopic (exact) mass is 434 g/mol. The lowest BCUT2D eigenvalue weighted by atomic mass is 10.1. The summed E-state index contributed by atoms with van der Waals surface area (Å²) in [6.45, 7) is 1.81. The number of carbonyl (C=O) groups is 1. The Labute approximate surface area is 173 Å². The van der Waals surface area contributed by atoms with Gasteiger partial charge in [0, 0.05) is 23.2 Å². The Kier molecular flexibility index (Phi) is 5.90. The van der Waals surface area contributed by atoms with Crippen molar-refractivity contribution in [2.75, 3.05) is 17.6 Å². The lowest BCUT2D eigenvalue weighted by Gasteiger charge is -2.19. The van der Waals surface area contributed by atoms with E-state index in [1.807, 2.05) is 0 Å². The maximum absolute atomic E-state index is 12.5. The van der Waals surface area contributed by atoms with Crippen molar-refractivity contribution in [3.05, 3.63) is 64.5 Å². The maximum Gasteiger partial charge on any atom is 0.251 e. The standard InChI is InChI=1S/C19H19ClN4O4S/c1-12-4-5-14(10-16(12)24(2)29(3,26)27)19(25)21-11-17-22-18(23-28-17)13-6-8-15(20)9-7-13/h4-10H,11H2,1-3H3,(H,21,25). The number of aromatic nitrogens is 2. The second kappa shape index (κ2) is 8.22. The quantitative estimate of drug-likeness (QED) is 0.639. The smallest absolute Gasteiger partial charge is 0.251 e. The van der Waals surface area contributed by atoms with Crippen molar-refractivity contribution in [3.8, 4) is 11.4 Å². The Morgan fingerprint density at radius 2 is 1.90 bits per heavy atom. The number of aryl methyl sites for hydroxylation is 1. The van der Waals surface area contributed by atoms with Gasteiger partial charge in [0.15, 0.2) is 0 Å². The lowest BCUT2D eigenvalue weighted by Crippen LogP contribution is -2.27. The zero-order valence-electron chi connectivity index (χ0n) is 16.0. The number of nitrogens with zero attached hydrogens (tertiary/aromatic N) is 3. The number of hydrogen-bond acceptors (Lipinski definition) is 6. The average molecular weight is 435 g/mol. The molecule has 0 aliphatic rings. The molecule has 1 N–H and O–H groups in total. The summed E-state index contributed by atoms with van der Waals surface area (Å²) in [6.07, 6.45) is 1.10. The van der Waals surface area contributed by atoms with E-state index in [9.17, 15) is 13.2 Å². The summed E-state index contributed by atoms with van der Waals surface area (Å²) in [5.41, 5.74) is 2.23. The van der Waals surface area contributed by atoms with Crippen LogP contribution in [0.1, 0.15) is 21.8 Å². The summed E-state index contributed by atoms with van der Waals surface area (Å²) in [5.74, 6) is 0.238. The number of carbonyl (C=O) groups excluding carboxylic acids is 1.